The molecule has 0 N–H and O–H groups in total. The van der Waals surface area contributed by atoms with Crippen molar-refractivity contribution in [2.75, 3.05) is 31.2 Å². The summed E-state index contributed by atoms with van der Waals surface area (Å²) in [4.78, 5) is 6.86. The maximum absolute atomic E-state index is 5.37. The van der Waals surface area contributed by atoms with Crippen LogP contribution in [0.2, 0.25) is 0 Å². The normalized spacial score (nSPS) is 16.8. The molecule has 16 heavy (non-hydrogen) atoms. The third-order valence-electron chi connectivity index (χ3n) is 2.81. The van der Waals surface area contributed by atoms with Crippen LogP contribution in [0.15, 0.2) is 18.3 Å². The first kappa shape index (κ1) is 11.4. The molecule has 0 aromatic carbocycles. The van der Waals surface area contributed by atoms with Gasteiger partial charge in [0.1, 0.15) is 5.82 Å². The Morgan fingerprint density at radius 1 is 1.38 bits per heavy atom. The van der Waals surface area contributed by atoms with Crippen molar-refractivity contribution in [2.45, 2.75) is 20.3 Å². The Kier molecular flexibility index (Phi) is 3.78. The van der Waals surface area contributed by atoms with Gasteiger partial charge in [-0.25, -0.2) is 4.98 Å². The molecule has 0 amide bonds. The topological polar surface area (TPSA) is 25.4 Å². The Morgan fingerprint density at radius 2 is 2.12 bits per heavy atom. The zero-order chi connectivity index (χ0) is 11.4. The highest BCUT2D eigenvalue weighted by atomic mass is 16.5. The molecule has 1 aromatic heterocycles. The number of aromatic nitrogens is 1. The van der Waals surface area contributed by atoms with Gasteiger partial charge in [0.2, 0.25) is 0 Å². The number of morpholine rings is 1. The van der Waals surface area contributed by atoms with Gasteiger partial charge >= 0.3 is 0 Å². The number of rotatable bonds is 3. The van der Waals surface area contributed by atoms with Gasteiger partial charge in [-0.3, -0.25) is 0 Å². The van der Waals surface area contributed by atoms with Crippen LogP contribution in [0, 0.1) is 5.92 Å². The lowest BCUT2D eigenvalue weighted by molar-refractivity contribution is 0.122. The van der Waals surface area contributed by atoms with E-state index in [1.165, 1.54) is 5.56 Å². The van der Waals surface area contributed by atoms with Gasteiger partial charge in [-0.15, -0.1) is 0 Å². The summed E-state index contributed by atoms with van der Waals surface area (Å²) in [7, 11) is 0. The molecule has 0 radical (unpaired) electrons. The smallest absolute Gasteiger partial charge is 0.131 e. The van der Waals surface area contributed by atoms with E-state index in [-0.39, 0.29) is 0 Å². The van der Waals surface area contributed by atoms with Crippen LogP contribution in [0.4, 0.5) is 5.82 Å². The predicted octanol–water partition coefficient (Wildman–Crippen LogP) is 2.12. The first-order chi connectivity index (χ1) is 7.77. The molecule has 3 nitrogen and oxygen atoms in total. The Labute approximate surface area is 97.4 Å². The van der Waals surface area contributed by atoms with E-state index >= 15 is 0 Å². The maximum Gasteiger partial charge on any atom is 0.131 e. The average Bonchev–Trinajstić information content (AvgIpc) is 2.30. The fraction of sp³-hybridized carbons (Fsp3) is 0.615. The molecule has 1 aliphatic rings. The summed E-state index contributed by atoms with van der Waals surface area (Å²) < 4.78 is 5.37. The largest absolute Gasteiger partial charge is 0.378 e. The highest BCUT2D eigenvalue weighted by molar-refractivity contribution is 5.47. The van der Waals surface area contributed by atoms with Gasteiger partial charge in [0, 0.05) is 19.3 Å². The predicted molar refractivity (Wildman–Crippen MR) is 65.8 cm³/mol. The molecular weight excluding hydrogens is 200 g/mol. The highest BCUT2D eigenvalue weighted by Crippen LogP contribution is 2.21. The molecular formula is C13H20N2O. The molecule has 2 heterocycles. The summed E-state index contributed by atoms with van der Waals surface area (Å²) in [5.74, 6) is 1.82. The zero-order valence-electron chi connectivity index (χ0n) is 10.1. The average molecular weight is 220 g/mol. The van der Waals surface area contributed by atoms with Crippen LogP contribution in [0.25, 0.3) is 0 Å². The SMILES string of the molecule is CC(C)Cc1cccnc1N1CCOCC1. The van der Waals surface area contributed by atoms with Crippen molar-refractivity contribution in [3.05, 3.63) is 23.9 Å². The maximum atomic E-state index is 5.37. The number of anilines is 1. The Balaban J connectivity index is 2.17. The van der Waals surface area contributed by atoms with Gasteiger partial charge in [0.25, 0.3) is 0 Å². The Bertz CT molecular complexity index is 332. The third kappa shape index (κ3) is 2.73. The van der Waals surface area contributed by atoms with Gasteiger partial charge in [-0.05, 0) is 24.0 Å². The molecule has 2 rings (SSSR count). The lowest BCUT2D eigenvalue weighted by Crippen LogP contribution is -2.37. The summed E-state index contributed by atoms with van der Waals surface area (Å²) in [5, 5.41) is 0. The van der Waals surface area contributed by atoms with Crippen molar-refractivity contribution in [1.29, 1.82) is 0 Å². The van der Waals surface area contributed by atoms with E-state index in [1.54, 1.807) is 0 Å². The van der Waals surface area contributed by atoms with Crippen molar-refractivity contribution in [2.24, 2.45) is 5.92 Å². The van der Waals surface area contributed by atoms with E-state index < -0.39 is 0 Å². The van der Waals surface area contributed by atoms with Gasteiger partial charge < -0.3 is 9.64 Å². The Hall–Kier alpha value is -1.09. The van der Waals surface area contributed by atoms with Crippen molar-refractivity contribution in [3.63, 3.8) is 0 Å². The summed E-state index contributed by atoms with van der Waals surface area (Å²) in [5.41, 5.74) is 1.36. The molecule has 3 heteroatoms. The summed E-state index contributed by atoms with van der Waals surface area (Å²) in [6, 6.07) is 4.22. The van der Waals surface area contributed by atoms with Crippen LogP contribution in [-0.4, -0.2) is 31.3 Å². The molecule has 1 fully saturated rings. The lowest BCUT2D eigenvalue weighted by Gasteiger charge is -2.29. The molecule has 0 spiro atoms. The van der Waals surface area contributed by atoms with Crippen molar-refractivity contribution >= 4 is 5.82 Å². The lowest BCUT2D eigenvalue weighted by atomic mass is 10.0. The monoisotopic (exact) mass is 220 g/mol. The molecule has 0 unspecified atom stereocenters. The van der Waals surface area contributed by atoms with Crippen molar-refractivity contribution < 1.29 is 4.74 Å². The van der Waals surface area contributed by atoms with E-state index in [9.17, 15) is 0 Å². The van der Waals surface area contributed by atoms with Crippen LogP contribution >= 0.6 is 0 Å². The second-order valence-corrected chi connectivity index (χ2v) is 4.68. The van der Waals surface area contributed by atoms with Gasteiger partial charge in [-0.1, -0.05) is 19.9 Å². The minimum absolute atomic E-state index is 0.670. The fourth-order valence-corrected chi connectivity index (χ4v) is 2.09. The second kappa shape index (κ2) is 5.30. The van der Waals surface area contributed by atoms with Crippen LogP contribution in [0.1, 0.15) is 19.4 Å². The van der Waals surface area contributed by atoms with Crippen molar-refractivity contribution in [1.82, 2.24) is 4.98 Å². The zero-order valence-corrected chi connectivity index (χ0v) is 10.1. The first-order valence-electron chi connectivity index (χ1n) is 6.04. The molecule has 0 aliphatic carbocycles. The van der Waals surface area contributed by atoms with Gasteiger partial charge in [-0.2, -0.15) is 0 Å². The van der Waals surface area contributed by atoms with Crippen LogP contribution in [0.5, 0.6) is 0 Å². The minimum Gasteiger partial charge on any atom is -0.378 e. The fourth-order valence-electron chi connectivity index (χ4n) is 2.09. The van der Waals surface area contributed by atoms with E-state index in [4.69, 9.17) is 4.74 Å². The minimum atomic E-state index is 0.670. The second-order valence-electron chi connectivity index (χ2n) is 4.68. The molecule has 0 bridgehead atoms. The van der Waals surface area contributed by atoms with Gasteiger partial charge in [0.05, 0.1) is 13.2 Å². The van der Waals surface area contributed by atoms with E-state index in [0.717, 1.165) is 38.5 Å². The van der Waals surface area contributed by atoms with Gasteiger partial charge in [0.15, 0.2) is 0 Å². The third-order valence-corrected chi connectivity index (χ3v) is 2.81. The molecule has 0 saturated carbocycles. The number of hydrogen-bond donors (Lipinski definition) is 0. The van der Waals surface area contributed by atoms with Crippen LogP contribution < -0.4 is 4.90 Å². The van der Waals surface area contributed by atoms with Crippen molar-refractivity contribution in [3.8, 4) is 0 Å². The highest BCUT2D eigenvalue weighted by Gasteiger charge is 2.15. The molecule has 0 atom stereocenters. The quantitative estimate of drug-likeness (QED) is 0.780. The number of hydrogen-bond acceptors (Lipinski definition) is 3. The van der Waals surface area contributed by atoms with E-state index in [1.807, 2.05) is 12.3 Å². The number of ether oxygens (including phenoxy) is 1. The van der Waals surface area contributed by atoms with Crippen LogP contribution in [-0.2, 0) is 11.2 Å². The first-order valence-corrected chi connectivity index (χ1v) is 6.04. The Morgan fingerprint density at radius 3 is 2.81 bits per heavy atom. The summed E-state index contributed by atoms with van der Waals surface area (Å²) in [6.07, 6.45) is 2.98. The number of pyridine rings is 1. The standard InChI is InChI=1S/C13H20N2O/c1-11(2)10-12-4-3-5-14-13(12)15-6-8-16-9-7-15/h3-5,11H,6-10H2,1-2H3. The van der Waals surface area contributed by atoms with Crippen LogP contribution in [0.3, 0.4) is 0 Å². The van der Waals surface area contributed by atoms with E-state index in [0.29, 0.717) is 5.92 Å². The molecule has 1 aliphatic heterocycles. The summed E-state index contributed by atoms with van der Waals surface area (Å²) >= 11 is 0. The number of nitrogens with zero attached hydrogens (tertiary/aromatic N) is 2. The summed E-state index contributed by atoms with van der Waals surface area (Å²) in [6.45, 7) is 8.05. The molecule has 88 valence electrons. The molecule has 1 saturated heterocycles. The molecule has 1 aromatic rings. The van der Waals surface area contributed by atoms with E-state index in [2.05, 4.69) is 29.8 Å².